The van der Waals surface area contributed by atoms with Crippen molar-refractivity contribution in [3.8, 4) is 0 Å². The van der Waals surface area contributed by atoms with E-state index in [1.807, 2.05) is 0 Å². The number of carbonyl (C=O) groups excluding carboxylic acids is 1. The maximum absolute atomic E-state index is 12.9. The summed E-state index contributed by atoms with van der Waals surface area (Å²) in [6.07, 6.45) is 0. The number of aromatic nitrogens is 3. The summed E-state index contributed by atoms with van der Waals surface area (Å²) in [7, 11) is -3.26. The molecule has 3 rings (SSSR count). The number of sulfonamides is 1. The first-order valence-corrected chi connectivity index (χ1v) is 9.88. The van der Waals surface area contributed by atoms with Crippen molar-refractivity contribution in [3.63, 3.8) is 0 Å². The number of esters is 1. The van der Waals surface area contributed by atoms with Gasteiger partial charge in [0.2, 0.25) is 5.03 Å². The van der Waals surface area contributed by atoms with Gasteiger partial charge in [-0.2, -0.15) is 13.5 Å². The molecule has 27 heavy (non-hydrogen) atoms. The Hall–Kier alpha value is -2.07. The van der Waals surface area contributed by atoms with Crippen LogP contribution in [0.1, 0.15) is 16.1 Å². The van der Waals surface area contributed by atoms with Gasteiger partial charge in [-0.15, -0.1) is 0 Å². The molecule has 2 aromatic heterocycles. The van der Waals surface area contributed by atoms with Gasteiger partial charge < -0.3 is 4.74 Å². The van der Waals surface area contributed by atoms with Crippen molar-refractivity contribution in [2.75, 3.05) is 11.8 Å². The van der Waals surface area contributed by atoms with Crippen molar-refractivity contribution >= 4 is 62.1 Å². The Morgan fingerprint density at radius 2 is 1.85 bits per heavy atom. The summed E-state index contributed by atoms with van der Waals surface area (Å²) in [5.74, 6) is -0.940. The molecule has 0 fully saturated rings. The van der Waals surface area contributed by atoms with E-state index < -0.39 is 21.0 Å². The Morgan fingerprint density at radius 1 is 1.22 bits per heavy atom. The topological polar surface area (TPSA) is 103 Å². The first kappa shape index (κ1) is 19.7. The maximum atomic E-state index is 12.9. The number of methoxy groups -OCH3 is 1. The Labute approximate surface area is 169 Å². The minimum atomic E-state index is -4.37. The standard InChI is InChI=1S/C15H11Cl3N4O4S/c1-7-6-10(18)19-13-11(15(23)26-2)14(20-22(7)13)27(24,25)21-12-8(16)4-3-5-9(12)17/h3-6,21H,1-2H3. The van der Waals surface area contributed by atoms with E-state index >= 15 is 0 Å². The third-order valence-corrected chi connectivity index (χ3v) is 5.64. The molecule has 0 aliphatic rings. The maximum Gasteiger partial charge on any atom is 0.344 e. The van der Waals surface area contributed by atoms with Crippen molar-refractivity contribution in [3.05, 3.63) is 50.7 Å². The van der Waals surface area contributed by atoms with Gasteiger partial charge in [-0.1, -0.05) is 40.9 Å². The predicted molar refractivity (Wildman–Crippen MR) is 101 cm³/mol. The van der Waals surface area contributed by atoms with E-state index in [1.165, 1.54) is 22.7 Å². The number of halogens is 3. The largest absolute Gasteiger partial charge is 0.465 e. The molecular weight excluding hydrogens is 439 g/mol. The zero-order valence-corrected chi connectivity index (χ0v) is 16.9. The lowest BCUT2D eigenvalue weighted by molar-refractivity contribution is 0.0598. The van der Waals surface area contributed by atoms with Gasteiger partial charge in [-0.05, 0) is 25.1 Å². The molecule has 0 saturated heterocycles. The number of nitrogens with one attached hydrogen (secondary N) is 1. The zero-order valence-electron chi connectivity index (χ0n) is 13.8. The molecule has 12 heteroatoms. The second kappa shape index (κ2) is 7.16. The highest BCUT2D eigenvalue weighted by Gasteiger charge is 2.32. The fourth-order valence-corrected chi connectivity index (χ4v) is 4.41. The smallest absolute Gasteiger partial charge is 0.344 e. The average Bonchev–Trinajstić information content (AvgIpc) is 2.98. The normalized spacial score (nSPS) is 11.6. The highest BCUT2D eigenvalue weighted by Crippen LogP contribution is 2.33. The van der Waals surface area contributed by atoms with Crippen LogP contribution in [0.5, 0.6) is 0 Å². The van der Waals surface area contributed by atoms with E-state index in [0.29, 0.717) is 5.69 Å². The minimum Gasteiger partial charge on any atom is -0.465 e. The first-order valence-electron chi connectivity index (χ1n) is 7.26. The number of rotatable bonds is 4. The number of carbonyl (C=O) groups is 1. The number of aryl methyl sites for hydroxylation is 1. The predicted octanol–water partition coefficient (Wildman–Crippen LogP) is 3.59. The Balaban J connectivity index is 2.26. The monoisotopic (exact) mass is 448 g/mol. The number of hydrogen-bond donors (Lipinski definition) is 1. The van der Waals surface area contributed by atoms with Gasteiger partial charge >= 0.3 is 5.97 Å². The average molecular weight is 450 g/mol. The van der Waals surface area contributed by atoms with Gasteiger partial charge in [0.1, 0.15) is 10.7 Å². The number of anilines is 1. The van der Waals surface area contributed by atoms with Crippen LogP contribution in [0.25, 0.3) is 5.65 Å². The Morgan fingerprint density at radius 3 is 2.44 bits per heavy atom. The molecule has 0 aliphatic carbocycles. The Bertz CT molecular complexity index is 1160. The SMILES string of the molecule is COC(=O)c1c(S(=O)(=O)Nc2c(Cl)cccc2Cl)nn2c(C)cc(Cl)nc12. The summed E-state index contributed by atoms with van der Waals surface area (Å²) in [5, 5.41) is 3.63. The van der Waals surface area contributed by atoms with Gasteiger partial charge in [0.15, 0.2) is 5.65 Å². The molecule has 1 aromatic carbocycles. The zero-order chi connectivity index (χ0) is 19.9. The molecular formula is C15H11Cl3N4O4S. The highest BCUT2D eigenvalue weighted by molar-refractivity contribution is 7.92. The van der Waals surface area contributed by atoms with Crippen LogP contribution in [0, 0.1) is 6.92 Å². The van der Waals surface area contributed by atoms with Crippen molar-refractivity contribution in [1.82, 2.24) is 14.6 Å². The van der Waals surface area contributed by atoms with E-state index in [2.05, 4.69) is 14.8 Å². The summed E-state index contributed by atoms with van der Waals surface area (Å²) in [6, 6.07) is 5.95. The Kier molecular flexibility index (Phi) is 5.22. The highest BCUT2D eigenvalue weighted by atomic mass is 35.5. The van der Waals surface area contributed by atoms with Crippen molar-refractivity contribution in [2.24, 2.45) is 0 Å². The van der Waals surface area contributed by atoms with Crippen molar-refractivity contribution in [1.29, 1.82) is 0 Å². The summed E-state index contributed by atoms with van der Waals surface area (Å²) in [4.78, 5) is 16.3. The second-order valence-electron chi connectivity index (χ2n) is 5.33. The molecule has 1 N–H and O–H groups in total. The van der Waals surface area contributed by atoms with E-state index in [4.69, 9.17) is 39.5 Å². The minimum absolute atomic E-state index is 0.0450. The molecule has 0 aliphatic heterocycles. The van der Waals surface area contributed by atoms with Gasteiger partial charge in [0.05, 0.1) is 22.8 Å². The van der Waals surface area contributed by atoms with Crippen LogP contribution in [-0.4, -0.2) is 36.1 Å². The molecule has 8 nitrogen and oxygen atoms in total. The van der Waals surface area contributed by atoms with E-state index in [1.54, 1.807) is 13.0 Å². The number of ether oxygens (including phenoxy) is 1. The first-order chi connectivity index (χ1) is 12.7. The molecule has 2 heterocycles. The molecule has 0 saturated carbocycles. The summed E-state index contributed by atoms with van der Waals surface area (Å²) in [5.41, 5.74) is 0.0000503. The van der Waals surface area contributed by atoms with Crippen LogP contribution < -0.4 is 4.72 Å². The van der Waals surface area contributed by atoms with Crippen molar-refractivity contribution in [2.45, 2.75) is 11.9 Å². The van der Waals surface area contributed by atoms with Crippen LogP contribution in [0.15, 0.2) is 29.3 Å². The van der Waals surface area contributed by atoms with E-state index in [9.17, 15) is 13.2 Å². The van der Waals surface area contributed by atoms with Crippen molar-refractivity contribution < 1.29 is 17.9 Å². The van der Waals surface area contributed by atoms with Crippen LogP contribution in [-0.2, 0) is 14.8 Å². The summed E-state index contributed by atoms with van der Waals surface area (Å²) < 4.78 is 34.0. The van der Waals surface area contributed by atoms with Crippen LogP contribution >= 0.6 is 34.8 Å². The summed E-state index contributed by atoms with van der Waals surface area (Å²) >= 11 is 18.0. The third kappa shape index (κ3) is 3.55. The number of fused-ring (bicyclic) bond motifs is 1. The van der Waals surface area contributed by atoms with Gasteiger partial charge in [0, 0.05) is 5.69 Å². The molecule has 0 radical (unpaired) electrons. The molecule has 0 amide bonds. The van der Waals surface area contributed by atoms with Gasteiger partial charge in [-0.3, -0.25) is 4.72 Å². The van der Waals surface area contributed by atoms with Crippen LogP contribution in [0.2, 0.25) is 15.2 Å². The van der Waals surface area contributed by atoms with Gasteiger partial charge in [0.25, 0.3) is 10.0 Å². The fraction of sp³-hybridized carbons (Fsp3) is 0.133. The molecule has 0 spiro atoms. The fourth-order valence-electron chi connectivity index (χ4n) is 2.35. The quantitative estimate of drug-likeness (QED) is 0.482. The summed E-state index contributed by atoms with van der Waals surface area (Å²) in [6.45, 7) is 1.63. The van der Waals surface area contributed by atoms with E-state index in [-0.39, 0.29) is 32.1 Å². The lowest BCUT2D eigenvalue weighted by Crippen LogP contribution is -2.18. The molecule has 0 atom stereocenters. The number of benzene rings is 1. The van der Waals surface area contributed by atoms with Crippen LogP contribution in [0.3, 0.4) is 0 Å². The number of para-hydroxylation sites is 1. The van der Waals surface area contributed by atoms with Gasteiger partial charge in [-0.25, -0.2) is 14.3 Å². The lowest BCUT2D eigenvalue weighted by atomic mass is 10.3. The molecule has 142 valence electrons. The molecule has 3 aromatic rings. The number of nitrogens with zero attached hydrogens (tertiary/aromatic N) is 3. The second-order valence-corrected chi connectivity index (χ2v) is 8.13. The van der Waals surface area contributed by atoms with Crippen LogP contribution in [0.4, 0.5) is 5.69 Å². The number of hydrogen-bond acceptors (Lipinski definition) is 6. The molecule has 0 bridgehead atoms. The molecule has 0 unspecified atom stereocenters. The third-order valence-electron chi connectivity index (χ3n) is 3.55. The lowest BCUT2D eigenvalue weighted by Gasteiger charge is -2.10. The van der Waals surface area contributed by atoms with E-state index in [0.717, 1.165) is 7.11 Å².